The van der Waals surface area contributed by atoms with Crippen molar-refractivity contribution in [2.45, 2.75) is 31.6 Å². The second-order valence-corrected chi connectivity index (χ2v) is 6.01. The Morgan fingerprint density at radius 2 is 2.22 bits per heavy atom. The minimum atomic E-state index is -2.60. The molecule has 1 aromatic carbocycles. The molecule has 5 heteroatoms. The van der Waals surface area contributed by atoms with E-state index in [9.17, 15) is 13.6 Å². The van der Waals surface area contributed by atoms with Crippen LogP contribution in [0.25, 0.3) is 0 Å². The topological polar surface area (TPSA) is 17.1 Å². The number of alkyl halides is 2. The van der Waals surface area contributed by atoms with Gasteiger partial charge in [0.1, 0.15) is 0 Å². The van der Waals surface area contributed by atoms with Crippen LogP contribution >= 0.6 is 27.5 Å². The smallest absolute Gasteiger partial charge is 0.248 e. The molecule has 0 radical (unpaired) electrons. The Labute approximate surface area is 118 Å². The van der Waals surface area contributed by atoms with Gasteiger partial charge < -0.3 is 0 Å². The first-order chi connectivity index (χ1) is 8.37. The third kappa shape index (κ3) is 3.29. The van der Waals surface area contributed by atoms with Gasteiger partial charge >= 0.3 is 0 Å². The lowest BCUT2D eigenvalue weighted by molar-refractivity contribution is 0.00497. The first-order valence-corrected chi connectivity index (χ1v) is 6.90. The molecule has 0 amide bonds. The molecule has 0 spiro atoms. The summed E-state index contributed by atoms with van der Waals surface area (Å²) in [6, 6.07) is 4.89. The molecule has 1 nitrogen and oxygen atoms in total. The summed E-state index contributed by atoms with van der Waals surface area (Å²) in [5.41, 5.74) is 0.509. The zero-order valence-corrected chi connectivity index (χ0v) is 11.9. The van der Waals surface area contributed by atoms with Crippen molar-refractivity contribution in [2.75, 3.05) is 0 Å². The van der Waals surface area contributed by atoms with E-state index in [1.54, 1.807) is 18.2 Å². The van der Waals surface area contributed by atoms with Gasteiger partial charge in [-0.25, -0.2) is 8.78 Å². The highest BCUT2D eigenvalue weighted by molar-refractivity contribution is 9.10. The van der Waals surface area contributed by atoms with Crippen molar-refractivity contribution in [3.8, 4) is 0 Å². The van der Waals surface area contributed by atoms with Crippen LogP contribution in [0.2, 0.25) is 5.02 Å². The summed E-state index contributed by atoms with van der Waals surface area (Å²) < 4.78 is 26.7. The highest BCUT2D eigenvalue weighted by Gasteiger charge is 2.40. The Morgan fingerprint density at radius 3 is 2.78 bits per heavy atom. The van der Waals surface area contributed by atoms with E-state index in [1.165, 1.54) is 0 Å². The van der Waals surface area contributed by atoms with Crippen molar-refractivity contribution in [1.82, 2.24) is 0 Å². The van der Waals surface area contributed by atoms with Crippen molar-refractivity contribution in [3.05, 3.63) is 33.3 Å². The molecule has 98 valence electrons. The SMILES string of the molecule is O=C(CC1CCC(F)(F)C1)c1ccc(Cl)cc1Br. The average molecular weight is 338 g/mol. The molecule has 1 aliphatic carbocycles. The number of hydrogen-bond donors (Lipinski definition) is 0. The van der Waals surface area contributed by atoms with E-state index in [0.717, 1.165) is 0 Å². The fraction of sp³-hybridized carbons (Fsp3) is 0.462. The molecular weight excluding hydrogens is 325 g/mol. The molecule has 0 aliphatic heterocycles. The number of rotatable bonds is 3. The molecule has 0 aromatic heterocycles. The Balaban J connectivity index is 2.04. The summed E-state index contributed by atoms with van der Waals surface area (Å²) in [4.78, 5) is 12.0. The predicted octanol–water partition coefficient (Wildman–Crippen LogP) is 5.11. The largest absolute Gasteiger partial charge is 0.294 e. The standard InChI is InChI=1S/C13H12BrClF2O/c14-11-6-9(15)1-2-10(11)12(18)5-8-3-4-13(16,17)7-8/h1-2,6,8H,3-5,7H2. The maximum atomic E-state index is 13.0. The Morgan fingerprint density at radius 1 is 1.50 bits per heavy atom. The normalized spacial score (nSPS) is 22.1. The summed E-state index contributed by atoms with van der Waals surface area (Å²) in [5, 5.41) is 0.533. The van der Waals surface area contributed by atoms with Crippen LogP contribution in [0, 0.1) is 5.92 Å². The second-order valence-electron chi connectivity index (χ2n) is 4.72. The number of benzene rings is 1. The fourth-order valence-electron chi connectivity index (χ4n) is 2.30. The minimum absolute atomic E-state index is 0.104. The fourth-order valence-corrected chi connectivity index (χ4v) is 3.21. The third-order valence-corrected chi connectivity index (χ3v) is 4.10. The second kappa shape index (κ2) is 5.25. The summed E-state index contributed by atoms with van der Waals surface area (Å²) in [7, 11) is 0. The first-order valence-electron chi connectivity index (χ1n) is 5.73. The van der Waals surface area contributed by atoms with E-state index in [4.69, 9.17) is 11.6 Å². The Hall–Kier alpha value is -0.480. The summed E-state index contributed by atoms with van der Waals surface area (Å²) in [6.45, 7) is 0. The predicted molar refractivity (Wildman–Crippen MR) is 70.4 cm³/mol. The zero-order chi connectivity index (χ0) is 13.3. The zero-order valence-electron chi connectivity index (χ0n) is 9.56. The molecule has 0 bridgehead atoms. The average Bonchev–Trinajstić information content (AvgIpc) is 2.57. The van der Waals surface area contributed by atoms with Gasteiger partial charge in [-0.3, -0.25) is 4.79 Å². The summed E-state index contributed by atoms with van der Waals surface area (Å²) >= 11 is 9.05. The number of carbonyl (C=O) groups is 1. The number of ketones is 1. The van der Waals surface area contributed by atoms with Crippen molar-refractivity contribution in [2.24, 2.45) is 5.92 Å². The number of Topliss-reactive ketones (excluding diaryl/α,β-unsaturated/α-hetero) is 1. The summed E-state index contributed by atoms with van der Waals surface area (Å²) in [6.07, 6.45) is 0.316. The molecule has 1 unspecified atom stereocenters. The minimum Gasteiger partial charge on any atom is -0.294 e. The monoisotopic (exact) mass is 336 g/mol. The lowest BCUT2D eigenvalue weighted by Gasteiger charge is -2.10. The van der Waals surface area contributed by atoms with Crippen LogP contribution in [0.5, 0.6) is 0 Å². The van der Waals surface area contributed by atoms with Gasteiger partial charge in [-0.05, 0) is 46.5 Å². The van der Waals surface area contributed by atoms with Crippen LogP contribution in [0.15, 0.2) is 22.7 Å². The molecule has 0 heterocycles. The lowest BCUT2D eigenvalue weighted by Crippen LogP contribution is -2.12. The molecule has 0 saturated heterocycles. The van der Waals surface area contributed by atoms with Crippen molar-refractivity contribution in [3.63, 3.8) is 0 Å². The molecule has 1 atom stereocenters. The molecule has 1 aliphatic rings. The van der Waals surface area contributed by atoms with Crippen molar-refractivity contribution < 1.29 is 13.6 Å². The van der Waals surface area contributed by atoms with Gasteiger partial charge in [-0.15, -0.1) is 0 Å². The quantitative estimate of drug-likeness (QED) is 0.700. The van der Waals surface area contributed by atoms with E-state index in [0.29, 0.717) is 21.5 Å². The van der Waals surface area contributed by atoms with Gasteiger partial charge in [0.15, 0.2) is 5.78 Å². The van der Waals surface area contributed by atoms with Gasteiger partial charge in [-0.2, -0.15) is 0 Å². The van der Waals surface area contributed by atoms with Crippen molar-refractivity contribution >= 4 is 33.3 Å². The number of hydrogen-bond acceptors (Lipinski definition) is 1. The molecule has 0 N–H and O–H groups in total. The van der Waals surface area contributed by atoms with E-state index in [2.05, 4.69) is 15.9 Å². The molecule has 2 rings (SSSR count). The third-order valence-electron chi connectivity index (χ3n) is 3.21. The van der Waals surface area contributed by atoms with E-state index in [-0.39, 0.29) is 31.0 Å². The van der Waals surface area contributed by atoms with E-state index >= 15 is 0 Å². The van der Waals surface area contributed by atoms with Gasteiger partial charge in [0, 0.05) is 34.3 Å². The van der Waals surface area contributed by atoms with Crippen LogP contribution < -0.4 is 0 Å². The van der Waals surface area contributed by atoms with Gasteiger partial charge in [0.25, 0.3) is 0 Å². The van der Waals surface area contributed by atoms with Crippen LogP contribution in [0.3, 0.4) is 0 Å². The number of halogens is 4. The van der Waals surface area contributed by atoms with Crippen LogP contribution in [0.4, 0.5) is 8.78 Å². The summed E-state index contributed by atoms with van der Waals surface area (Å²) in [5.74, 6) is -2.92. The highest BCUT2D eigenvalue weighted by atomic mass is 79.9. The van der Waals surface area contributed by atoms with E-state index in [1.807, 2.05) is 0 Å². The molecular formula is C13H12BrClF2O. The highest BCUT2D eigenvalue weighted by Crippen LogP contribution is 2.41. The van der Waals surface area contributed by atoms with E-state index < -0.39 is 5.92 Å². The van der Waals surface area contributed by atoms with Crippen LogP contribution in [-0.2, 0) is 0 Å². The Kier molecular flexibility index (Phi) is 4.07. The van der Waals surface area contributed by atoms with Gasteiger partial charge in [0.05, 0.1) is 0 Å². The maximum absolute atomic E-state index is 13.0. The molecule has 1 fully saturated rings. The first kappa shape index (κ1) is 13.9. The maximum Gasteiger partial charge on any atom is 0.248 e. The molecule has 1 saturated carbocycles. The Bertz CT molecular complexity index is 476. The van der Waals surface area contributed by atoms with Gasteiger partial charge in [0.2, 0.25) is 5.92 Å². The molecule has 18 heavy (non-hydrogen) atoms. The molecule has 1 aromatic rings. The van der Waals surface area contributed by atoms with Crippen LogP contribution in [0.1, 0.15) is 36.0 Å². The number of carbonyl (C=O) groups excluding carboxylic acids is 1. The lowest BCUT2D eigenvalue weighted by atomic mass is 9.97. The van der Waals surface area contributed by atoms with Gasteiger partial charge in [-0.1, -0.05) is 11.6 Å². The van der Waals surface area contributed by atoms with Crippen LogP contribution in [-0.4, -0.2) is 11.7 Å². The van der Waals surface area contributed by atoms with Crippen molar-refractivity contribution in [1.29, 1.82) is 0 Å².